The topological polar surface area (TPSA) is 67.2 Å². The highest BCUT2D eigenvalue weighted by atomic mass is 32.1. The van der Waals surface area contributed by atoms with Crippen LogP contribution in [0.15, 0.2) is 24.5 Å². The highest BCUT2D eigenvalue weighted by Crippen LogP contribution is 2.35. The van der Waals surface area contributed by atoms with Crippen molar-refractivity contribution < 1.29 is 9.59 Å². The summed E-state index contributed by atoms with van der Waals surface area (Å²) in [7, 11) is 1.89. The van der Waals surface area contributed by atoms with E-state index in [9.17, 15) is 9.59 Å². The van der Waals surface area contributed by atoms with E-state index in [1.807, 2.05) is 36.5 Å². The van der Waals surface area contributed by atoms with Crippen LogP contribution in [-0.2, 0) is 11.8 Å². The van der Waals surface area contributed by atoms with Gasteiger partial charge in [-0.2, -0.15) is 5.10 Å². The van der Waals surface area contributed by atoms with E-state index in [0.29, 0.717) is 4.88 Å². The first kappa shape index (κ1) is 15.4. The van der Waals surface area contributed by atoms with Gasteiger partial charge in [0.25, 0.3) is 5.91 Å². The quantitative estimate of drug-likeness (QED) is 0.927. The summed E-state index contributed by atoms with van der Waals surface area (Å²) < 4.78 is 1.77. The Kier molecular flexibility index (Phi) is 3.88. The molecule has 2 amide bonds. The van der Waals surface area contributed by atoms with E-state index in [2.05, 4.69) is 10.4 Å². The van der Waals surface area contributed by atoms with Crippen molar-refractivity contribution in [3.8, 4) is 0 Å². The molecule has 0 aromatic carbocycles. The van der Waals surface area contributed by atoms with Gasteiger partial charge in [-0.3, -0.25) is 14.3 Å². The molecule has 2 fully saturated rings. The number of carbonyl (C=O) groups excluding carboxylic acids is 2. The van der Waals surface area contributed by atoms with Crippen LogP contribution in [0.2, 0.25) is 0 Å². The number of rotatable bonds is 4. The van der Waals surface area contributed by atoms with Crippen LogP contribution in [0.25, 0.3) is 0 Å². The molecule has 3 heterocycles. The predicted octanol–water partition coefficient (Wildman–Crippen LogP) is 2.81. The Labute approximate surface area is 144 Å². The van der Waals surface area contributed by atoms with Crippen LogP contribution in [0.5, 0.6) is 0 Å². The Balaban J connectivity index is 1.48. The second-order valence-electron chi connectivity index (χ2n) is 6.53. The molecule has 6 nitrogen and oxygen atoms in total. The fraction of sp³-hybridized carbons (Fsp3) is 0.471. The molecule has 24 heavy (non-hydrogen) atoms. The summed E-state index contributed by atoms with van der Waals surface area (Å²) in [5.74, 6) is 0.281. The number of nitrogens with one attached hydrogen (secondary N) is 1. The Morgan fingerprint density at radius 2 is 2.12 bits per heavy atom. The first-order valence-electron chi connectivity index (χ1n) is 8.32. The molecule has 0 bridgehead atoms. The Bertz CT molecular complexity index is 777. The van der Waals surface area contributed by atoms with Crippen molar-refractivity contribution in [2.24, 2.45) is 13.0 Å². The zero-order chi connectivity index (χ0) is 16.7. The number of aryl methyl sites for hydroxylation is 1. The Morgan fingerprint density at radius 3 is 2.83 bits per heavy atom. The lowest BCUT2D eigenvalue weighted by atomic mass is 10.1. The first-order valence-corrected chi connectivity index (χ1v) is 9.13. The number of hydrogen-bond acceptors (Lipinski definition) is 4. The number of aromatic nitrogens is 2. The molecule has 4 rings (SSSR count). The molecule has 1 aliphatic heterocycles. The highest BCUT2D eigenvalue weighted by Gasteiger charge is 2.33. The van der Waals surface area contributed by atoms with Crippen LogP contribution in [-0.4, -0.2) is 33.0 Å². The minimum atomic E-state index is 0.0401. The van der Waals surface area contributed by atoms with Crippen molar-refractivity contribution >= 4 is 28.2 Å². The summed E-state index contributed by atoms with van der Waals surface area (Å²) in [4.78, 5) is 27.3. The van der Waals surface area contributed by atoms with Crippen LogP contribution >= 0.6 is 11.3 Å². The molecule has 126 valence electrons. The SMILES string of the molecule is Cn1cc(C2CCCN2C(=O)c2ccc(NC(=O)C3CC3)s2)cn1. The van der Waals surface area contributed by atoms with Crippen molar-refractivity contribution in [1.82, 2.24) is 14.7 Å². The van der Waals surface area contributed by atoms with Gasteiger partial charge in [0.2, 0.25) is 5.91 Å². The number of anilines is 1. The molecule has 2 aromatic heterocycles. The second-order valence-corrected chi connectivity index (χ2v) is 7.62. The summed E-state index contributed by atoms with van der Waals surface area (Å²) in [6, 6.07) is 3.74. The average molecular weight is 344 g/mol. The van der Waals surface area contributed by atoms with Gasteiger partial charge in [0.1, 0.15) is 0 Å². The number of thiophene rings is 1. The van der Waals surface area contributed by atoms with E-state index in [-0.39, 0.29) is 23.8 Å². The summed E-state index contributed by atoms with van der Waals surface area (Å²) in [6.07, 6.45) is 7.74. The molecule has 0 spiro atoms. The van der Waals surface area contributed by atoms with Gasteiger partial charge in [-0.25, -0.2) is 0 Å². The Morgan fingerprint density at radius 1 is 1.29 bits per heavy atom. The molecule has 1 aliphatic carbocycles. The smallest absolute Gasteiger partial charge is 0.264 e. The van der Waals surface area contributed by atoms with Gasteiger partial charge in [-0.15, -0.1) is 11.3 Å². The van der Waals surface area contributed by atoms with E-state index >= 15 is 0 Å². The van der Waals surface area contributed by atoms with Crippen molar-refractivity contribution in [3.05, 3.63) is 35.0 Å². The molecule has 2 aromatic rings. The van der Waals surface area contributed by atoms with Gasteiger partial charge >= 0.3 is 0 Å². The zero-order valence-corrected chi connectivity index (χ0v) is 14.4. The Hall–Kier alpha value is -2.15. The fourth-order valence-electron chi connectivity index (χ4n) is 3.20. The summed E-state index contributed by atoms with van der Waals surface area (Å²) in [5.41, 5.74) is 1.09. The minimum absolute atomic E-state index is 0.0401. The third-order valence-electron chi connectivity index (χ3n) is 4.63. The van der Waals surface area contributed by atoms with Gasteiger partial charge < -0.3 is 10.2 Å². The number of likely N-dealkylation sites (tertiary alicyclic amines) is 1. The van der Waals surface area contributed by atoms with E-state index in [1.54, 1.807) is 4.68 Å². The third kappa shape index (κ3) is 2.96. The number of nitrogens with zero attached hydrogens (tertiary/aromatic N) is 3. The lowest BCUT2D eigenvalue weighted by Gasteiger charge is -2.23. The van der Waals surface area contributed by atoms with Crippen molar-refractivity contribution in [2.75, 3.05) is 11.9 Å². The monoisotopic (exact) mass is 344 g/mol. The molecule has 7 heteroatoms. The van der Waals surface area contributed by atoms with E-state index < -0.39 is 0 Å². The molecule has 1 saturated heterocycles. The van der Waals surface area contributed by atoms with Crippen LogP contribution < -0.4 is 5.32 Å². The van der Waals surface area contributed by atoms with Gasteiger partial charge in [-0.05, 0) is 37.8 Å². The van der Waals surface area contributed by atoms with Gasteiger partial charge in [-0.1, -0.05) is 0 Å². The summed E-state index contributed by atoms with van der Waals surface area (Å²) in [6.45, 7) is 0.764. The van der Waals surface area contributed by atoms with Crippen LogP contribution in [0, 0.1) is 5.92 Å². The molecule has 1 atom stereocenters. The van der Waals surface area contributed by atoms with Crippen molar-refractivity contribution in [2.45, 2.75) is 31.7 Å². The maximum atomic E-state index is 12.9. The van der Waals surface area contributed by atoms with Gasteiger partial charge in [0.05, 0.1) is 22.1 Å². The van der Waals surface area contributed by atoms with Crippen molar-refractivity contribution in [3.63, 3.8) is 0 Å². The summed E-state index contributed by atoms with van der Waals surface area (Å²) in [5, 5.41) is 7.89. The predicted molar refractivity (Wildman–Crippen MR) is 91.9 cm³/mol. The van der Waals surface area contributed by atoms with Gasteiger partial charge in [0, 0.05) is 31.3 Å². The highest BCUT2D eigenvalue weighted by molar-refractivity contribution is 7.18. The lowest BCUT2D eigenvalue weighted by molar-refractivity contribution is -0.117. The molecule has 0 radical (unpaired) electrons. The molecule has 1 N–H and O–H groups in total. The van der Waals surface area contributed by atoms with Crippen LogP contribution in [0.1, 0.15) is 47.0 Å². The second kappa shape index (κ2) is 6.05. The number of hydrogen-bond donors (Lipinski definition) is 1. The molecule has 1 unspecified atom stereocenters. The lowest BCUT2D eigenvalue weighted by Crippen LogP contribution is -2.29. The largest absolute Gasteiger partial charge is 0.331 e. The maximum absolute atomic E-state index is 12.9. The van der Waals surface area contributed by atoms with Gasteiger partial charge in [0.15, 0.2) is 0 Å². The molecular weight excluding hydrogens is 324 g/mol. The molecule has 1 saturated carbocycles. The van der Waals surface area contributed by atoms with E-state index in [0.717, 1.165) is 42.8 Å². The summed E-state index contributed by atoms with van der Waals surface area (Å²) >= 11 is 1.36. The first-order chi connectivity index (χ1) is 11.6. The third-order valence-corrected chi connectivity index (χ3v) is 5.62. The molecular formula is C17H20N4O2S. The maximum Gasteiger partial charge on any atom is 0.264 e. The van der Waals surface area contributed by atoms with Crippen molar-refractivity contribution in [1.29, 1.82) is 0 Å². The minimum Gasteiger partial charge on any atom is -0.331 e. The van der Waals surface area contributed by atoms with E-state index in [1.165, 1.54) is 11.3 Å². The zero-order valence-electron chi connectivity index (χ0n) is 13.6. The normalized spacial score (nSPS) is 20.4. The standard InChI is InChI=1S/C17H20N4O2S/c1-20-10-12(9-18-20)13-3-2-8-21(13)17(23)14-6-7-15(24-14)19-16(22)11-4-5-11/h6-7,9-11,13H,2-5,8H2,1H3,(H,19,22). The number of carbonyl (C=O) groups is 2. The van der Waals surface area contributed by atoms with Crippen LogP contribution in [0.4, 0.5) is 5.00 Å². The fourth-order valence-corrected chi connectivity index (χ4v) is 4.06. The van der Waals surface area contributed by atoms with Crippen LogP contribution in [0.3, 0.4) is 0 Å². The number of amides is 2. The molecule has 2 aliphatic rings. The average Bonchev–Trinajstić information content (AvgIpc) is 2.97. The van der Waals surface area contributed by atoms with E-state index in [4.69, 9.17) is 0 Å².